The highest BCUT2D eigenvalue weighted by molar-refractivity contribution is 5.96. The minimum atomic E-state index is -0.401. The van der Waals surface area contributed by atoms with Crippen LogP contribution in [0.15, 0.2) is 34.9 Å². The fraction of sp³-hybridized carbons (Fsp3) is 0.267. The molecule has 1 aliphatic rings. The van der Waals surface area contributed by atoms with Crippen LogP contribution in [-0.2, 0) is 11.3 Å². The van der Waals surface area contributed by atoms with Gasteiger partial charge in [-0.3, -0.25) is 9.69 Å². The van der Waals surface area contributed by atoms with Crippen LogP contribution in [0.1, 0.15) is 17.9 Å². The van der Waals surface area contributed by atoms with Crippen LogP contribution in [0, 0.1) is 6.92 Å². The smallest absolute Gasteiger partial charge is 0.324 e. The predicted octanol–water partition coefficient (Wildman–Crippen LogP) is 2.09. The van der Waals surface area contributed by atoms with Crippen molar-refractivity contribution in [2.24, 2.45) is 0 Å². The number of nitrogens with one attached hydrogen (secondary N) is 1. The van der Waals surface area contributed by atoms with E-state index in [4.69, 9.17) is 4.42 Å². The molecule has 108 valence electrons. The van der Waals surface area contributed by atoms with Gasteiger partial charge in [0, 0.05) is 18.5 Å². The van der Waals surface area contributed by atoms with Crippen molar-refractivity contribution in [3.8, 4) is 11.3 Å². The monoisotopic (exact) mass is 285 g/mol. The van der Waals surface area contributed by atoms with E-state index in [0.29, 0.717) is 24.6 Å². The van der Waals surface area contributed by atoms with Crippen LogP contribution in [0.4, 0.5) is 4.79 Å². The Bertz CT molecular complexity index is 677. The molecule has 0 unspecified atom stereocenters. The molecule has 1 aliphatic heterocycles. The maximum absolute atomic E-state index is 11.7. The number of hydrogen-bond donors (Lipinski definition) is 1. The van der Waals surface area contributed by atoms with E-state index in [9.17, 15) is 9.59 Å². The van der Waals surface area contributed by atoms with E-state index in [2.05, 4.69) is 10.3 Å². The summed E-state index contributed by atoms with van der Waals surface area (Å²) in [5.41, 5.74) is 2.03. The Labute approximate surface area is 121 Å². The number of carbonyl (C=O) groups is 2. The molecule has 2 aromatic rings. The zero-order chi connectivity index (χ0) is 14.8. The molecule has 21 heavy (non-hydrogen) atoms. The average molecular weight is 285 g/mol. The molecule has 1 aromatic carbocycles. The van der Waals surface area contributed by atoms with Crippen LogP contribution in [0.3, 0.4) is 0 Å². The number of hydrogen-bond acceptors (Lipinski definition) is 4. The summed E-state index contributed by atoms with van der Waals surface area (Å²) >= 11 is 0. The topological polar surface area (TPSA) is 75.4 Å². The van der Waals surface area contributed by atoms with Crippen LogP contribution in [-0.4, -0.2) is 28.4 Å². The first-order chi connectivity index (χ1) is 10.1. The summed E-state index contributed by atoms with van der Waals surface area (Å²) in [7, 11) is 0. The molecule has 1 fully saturated rings. The number of oxazole rings is 1. The predicted molar refractivity (Wildman–Crippen MR) is 75.2 cm³/mol. The van der Waals surface area contributed by atoms with Gasteiger partial charge in [0.05, 0.1) is 6.20 Å². The van der Waals surface area contributed by atoms with Gasteiger partial charge in [0.15, 0.2) is 5.76 Å². The highest BCUT2D eigenvalue weighted by atomic mass is 16.4. The first-order valence-electron chi connectivity index (χ1n) is 6.74. The number of urea groups is 1. The Kier molecular flexibility index (Phi) is 3.43. The first kappa shape index (κ1) is 13.4. The second-order valence-corrected chi connectivity index (χ2v) is 4.89. The van der Waals surface area contributed by atoms with E-state index in [-0.39, 0.29) is 12.5 Å². The molecule has 0 saturated carbocycles. The molecule has 6 heteroatoms. The van der Waals surface area contributed by atoms with Crippen LogP contribution in [0.2, 0.25) is 0 Å². The molecule has 0 aliphatic carbocycles. The Hall–Kier alpha value is -2.63. The van der Waals surface area contributed by atoms with Gasteiger partial charge in [-0.15, -0.1) is 0 Å². The molecule has 1 aromatic heterocycles. The van der Waals surface area contributed by atoms with Crippen LogP contribution >= 0.6 is 0 Å². The van der Waals surface area contributed by atoms with Crippen molar-refractivity contribution < 1.29 is 14.0 Å². The number of imide groups is 1. The zero-order valence-electron chi connectivity index (χ0n) is 11.6. The van der Waals surface area contributed by atoms with Crippen molar-refractivity contribution in [3.05, 3.63) is 41.9 Å². The molecular weight excluding hydrogens is 270 g/mol. The van der Waals surface area contributed by atoms with E-state index >= 15 is 0 Å². The Morgan fingerprint density at radius 2 is 2.14 bits per heavy atom. The van der Waals surface area contributed by atoms with E-state index in [0.717, 1.165) is 16.0 Å². The summed E-state index contributed by atoms with van der Waals surface area (Å²) in [4.78, 5) is 28.7. The lowest BCUT2D eigenvalue weighted by Crippen LogP contribution is -2.49. The summed E-state index contributed by atoms with van der Waals surface area (Å²) in [6.07, 6.45) is 1.92. The molecule has 6 nitrogen and oxygen atoms in total. The van der Waals surface area contributed by atoms with Crippen molar-refractivity contribution >= 4 is 11.9 Å². The Balaban J connectivity index is 1.81. The van der Waals surface area contributed by atoms with Gasteiger partial charge >= 0.3 is 6.03 Å². The lowest BCUT2D eigenvalue weighted by Gasteiger charge is -2.24. The summed E-state index contributed by atoms with van der Waals surface area (Å²) in [5, 5.41) is 2.63. The fourth-order valence-electron chi connectivity index (χ4n) is 2.27. The van der Waals surface area contributed by atoms with Gasteiger partial charge in [-0.25, -0.2) is 9.78 Å². The maximum atomic E-state index is 11.7. The number of carbonyl (C=O) groups excluding carboxylic acids is 2. The first-order valence-corrected chi connectivity index (χ1v) is 6.74. The third kappa shape index (κ3) is 2.65. The highest BCUT2D eigenvalue weighted by Gasteiger charge is 2.27. The lowest BCUT2D eigenvalue weighted by atomic mass is 10.1. The number of rotatable bonds is 3. The summed E-state index contributed by atoms with van der Waals surface area (Å²) in [5.74, 6) is 0.765. The molecule has 0 radical (unpaired) electrons. The Morgan fingerprint density at radius 1 is 1.33 bits per heavy atom. The number of nitrogens with zero attached hydrogens (tertiary/aromatic N) is 2. The van der Waals surface area contributed by atoms with E-state index in [1.165, 1.54) is 0 Å². The standard InChI is InChI=1S/C15H15N3O3/c1-10-4-2-3-5-11(10)12-8-17-13(21-12)9-18-14(19)6-7-16-15(18)20/h2-5,8H,6-7,9H2,1H3,(H,16,20). The third-order valence-electron chi connectivity index (χ3n) is 3.42. The van der Waals surface area contributed by atoms with Gasteiger partial charge in [-0.2, -0.15) is 0 Å². The maximum Gasteiger partial charge on any atom is 0.324 e. The minimum absolute atomic E-state index is 0.0521. The van der Waals surface area contributed by atoms with Gasteiger partial charge in [0.1, 0.15) is 6.54 Å². The van der Waals surface area contributed by atoms with Gasteiger partial charge in [-0.05, 0) is 12.5 Å². The van der Waals surface area contributed by atoms with E-state index in [1.807, 2.05) is 31.2 Å². The normalized spacial score (nSPS) is 15.2. The van der Waals surface area contributed by atoms with Gasteiger partial charge in [0.25, 0.3) is 0 Å². The van der Waals surface area contributed by atoms with Gasteiger partial charge < -0.3 is 9.73 Å². The van der Waals surface area contributed by atoms with Crippen LogP contribution in [0.5, 0.6) is 0 Å². The fourth-order valence-corrected chi connectivity index (χ4v) is 2.27. The van der Waals surface area contributed by atoms with Crippen molar-refractivity contribution in [2.75, 3.05) is 6.54 Å². The number of amides is 3. The Morgan fingerprint density at radius 3 is 2.90 bits per heavy atom. The molecule has 3 amide bonds. The summed E-state index contributed by atoms with van der Waals surface area (Å²) in [6.45, 7) is 2.42. The van der Waals surface area contributed by atoms with Crippen molar-refractivity contribution in [3.63, 3.8) is 0 Å². The molecule has 1 saturated heterocycles. The third-order valence-corrected chi connectivity index (χ3v) is 3.42. The van der Waals surface area contributed by atoms with Crippen molar-refractivity contribution in [2.45, 2.75) is 19.9 Å². The molecule has 2 heterocycles. The zero-order valence-corrected chi connectivity index (χ0v) is 11.6. The van der Waals surface area contributed by atoms with E-state index in [1.54, 1.807) is 6.20 Å². The van der Waals surface area contributed by atoms with Crippen LogP contribution in [0.25, 0.3) is 11.3 Å². The second-order valence-electron chi connectivity index (χ2n) is 4.89. The summed E-state index contributed by atoms with van der Waals surface area (Å²) < 4.78 is 5.66. The number of benzene rings is 1. The number of aromatic nitrogens is 1. The SMILES string of the molecule is Cc1ccccc1-c1cnc(CN2C(=O)CCNC2=O)o1. The lowest BCUT2D eigenvalue weighted by molar-refractivity contribution is -0.129. The minimum Gasteiger partial charge on any atom is -0.439 e. The molecule has 3 rings (SSSR count). The van der Waals surface area contributed by atoms with Crippen LogP contribution < -0.4 is 5.32 Å². The van der Waals surface area contributed by atoms with Gasteiger partial charge in [0.2, 0.25) is 11.8 Å². The quantitative estimate of drug-likeness (QED) is 0.937. The molecule has 0 bridgehead atoms. The average Bonchev–Trinajstić information content (AvgIpc) is 2.92. The molecule has 1 N–H and O–H groups in total. The largest absolute Gasteiger partial charge is 0.439 e. The molecule has 0 atom stereocenters. The molecule has 0 spiro atoms. The summed E-state index contributed by atoms with van der Waals surface area (Å²) in [6, 6.07) is 7.40. The van der Waals surface area contributed by atoms with Crippen molar-refractivity contribution in [1.82, 2.24) is 15.2 Å². The number of aryl methyl sites for hydroxylation is 1. The van der Waals surface area contributed by atoms with E-state index < -0.39 is 6.03 Å². The molecular formula is C15H15N3O3. The highest BCUT2D eigenvalue weighted by Crippen LogP contribution is 2.24. The van der Waals surface area contributed by atoms with Gasteiger partial charge in [-0.1, -0.05) is 24.3 Å². The second kappa shape index (κ2) is 5.40. The van der Waals surface area contributed by atoms with Crippen molar-refractivity contribution in [1.29, 1.82) is 0 Å².